The lowest BCUT2D eigenvalue weighted by molar-refractivity contribution is -0.148. The summed E-state index contributed by atoms with van der Waals surface area (Å²) in [6.45, 7) is 2.18. The van der Waals surface area contributed by atoms with Crippen molar-refractivity contribution in [1.29, 1.82) is 0 Å². The van der Waals surface area contributed by atoms with Crippen LogP contribution < -0.4 is 5.32 Å². The molecule has 2 atom stereocenters. The number of carbonyl (C=O) groups excluding carboxylic acids is 2. The minimum absolute atomic E-state index is 0.0508. The Morgan fingerprint density at radius 1 is 1.18 bits per heavy atom. The topological polar surface area (TPSA) is 94.1 Å². The lowest BCUT2D eigenvalue weighted by atomic mass is 9.75. The van der Waals surface area contributed by atoms with Crippen LogP contribution in [0.4, 0.5) is 4.79 Å². The number of esters is 1. The number of carbonyl (C=O) groups is 2. The van der Waals surface area contributed by atoms with Gasteiger partial charge in [0.1, 0.15) is 6.61 Å². The Morgan fingerprint density at radius 3 is 2.46 bits per heavy atom. The minimum Gasteiger partial charge on any atom is -0.467 e. The number of methoxy groups -OCH3 is 1. The standard InChI is InChI=1S/C21H31NO6/c1-16(28-15-21(14-23)11-7-4-8-12-21)18(19(24)26-2)22-20(25)27-13-17-9-5-3-6-10-17/h3,5-6,9-10,16,18,23H,4,7-8,11-15H2,1-2H3,(H,22,25)/t16-,18+/m1/s1. The largest absolute Gasteiger partial charge is 0.467 e. The van der Waals surface area contributed by atoms with Gasteiger partial charge in [-0.1, -0.05) is 49.6 Å². The number of aliphatic hydroxyl groups is 1. The first-order valence-electron chi connectivity index (χ1n) is 9.77. The summed E-state index contributed by atoms with van der Waals surface area (Å²) in [4.78, 5) is 24.3. The highest BCUT2D eigenvalue weighted by Gasteiger charge is 2.35. The van der Waals surface area contributed by atoms with E-state index in [1.165, 1.54) is 7.11 Å². The molecule has 2 rings (SSSR count). The van der Waals surface area contributed by atoms with E-state index in [1.54, 1.807) is 6.92 Å². The highest BCUT2D eigenvalue weighted by molar-refractivity contribution is 5.81. The molecule has 1 aliphatic rings. The van der Waals surface area contributed by atoms with Crippen LogP contribution in [-0.4, -0.2) is 49.6 Å². The summed E-state index contributed by atoms with van der Waals surface area (Å²) in [7, 11) is 1.26. The second-order valence-electron chi connectivity index (χ2n) is 7.44. The van der Waals surface area contributed by atoms with Gasteiger partial charge < -0.3 is 24.6 Å². The maximum Gasteiger partial charge on any atom is 0.408 e. The monoisotopic (exact) mass is 393 g/mol. The molecule has 0 bridgehead atoms. The Kier molecular flexibility index (Phi) is 8.73. The fourth-order valence-corrected chi connectivity index (χ4v) is 3.44. The average Bonchev–Trinajstić information content (AvgIpc) is 2.75. The van der Waals surface area contributed by atoms with E-state index in [4.69, 9.17) is 14.2 Å². The summed E-state index contributed by atoms with van der Waals surface area (Å²) in [6, 6.07) is 8.27. The molecule has 0 spiro atoms. The Hall–Kier alpha value is -2.12. The van der Waals surface area contributed by atoms with Gasteiger partial charge in [0, 0.05) is 5.41 Å². The predicted molar refractivity (Wildman–Crippen MR) is 104 cm³/mol. The van der Waals surface area contributed by atoms with Gasteiger partial charge in [-0.25, -0.2) is 9.59 Å². The Balaban J connectivity index is 1.90. The van der Waals surface area contributed by atoms with Crippen molar-refractivity contribution in [2.45, 2.75) is 57.8 Å². The number of aliphatic hydroxyl groups excluding tert-OH is 1. The van der Waals surface area contributed by atoms with E-state index in [0.29, 0.717) is 6.61 Å². The highest BCUT2D eigenvalue weighted by Crippen LogP contribution is 2.36. The first kappa shape index (κ1) is 22.2. The number of hydrogen-bond acceptors (Lipinski definition) is 6. The lowest BCUT2D eigenvalue weighted by Crippen LogP contribution is -2.50. The van der Waals surface area contributed by atoms with Gasteiger partial charge in [0.15, 0.2) is 6.04 Å². The van der Waals surface area contributed by atoms with Crippen LogP contribution in [0.1, 0.15) is 44.6 Å². The van der Waals surface area contributed by atoms with E-state index in [0.717, 1.165) is 37.7 Å². The summed E-state index contributed by atoms with van der Waals surface area (Å²) < 4.78 is 15.9. The van der Waals surface area contributed by atoms with E-state index in [1.807, 2.05) is 30.3 Å². The predicted octanol–water partition coefficient (Wildman–Crippen LogP) is 2.80. The third-order valence-corrected chi connectivity index (χ3v) is 5.31. The third kappa shape index (κ3) is 6.49. The van der Waals surface area contributed by atoms with Crippen LogP contribution in [0.3, 0.4) is 0 Å². The lowest BCUT2D eigenvalue weighted by Gasteiger charge is -2.36. The van der Waals surface area contributed by atoms with Gasteiger partial charge in [0.2, 0.25) is 0 Å². The maximum atomic E-state index is 12.1. The summed E-state index contributed by atoms with van der Waals surface area (Å²) in [5.41, 5.74) is 0.569. The van der Waals surface area contributed by atoms with Crippen molar-refractivity contribution in [2.24, 2.45) is 5.41 Å². The number of amides is 1. The van der Waals surface area contributed by atoms with Crippen molar-refractivity contribution >= 4 is 12.1 Å². The summed E-state index contributed by atoms with van der Waals surface area (Å²) in [6.07, 6.45) is 3.73. The molecule has 1 aromatic carbocycles. The van der Waals surface area contributed by atoms with Crippen molar-refractivity contribution in [3.63, 3.8) is 0 Å². The molecule has 1 fully saturated rings. The SMILES string of the molecule is COC(=O)[C@@H](NC(=O)OCc1ccccc1)[C@@H](C)OCC1(CO)CCCCC1. The van der Waals surface area contributed by atoms with Gasteiger partial charge in [0.25, 0.3) is 0 Å². The van der Waals surface area contributed by atoms with E-state index < -0.39 is 24.2 Å². The number of nitrogens with one attached hydrogen (secondary N) is 1. The first-order valence-corrected chi connectivity index (χ1v) is 9.77. The zero-order valence-corrected chi connectivity index (χ0v) is 16.7. The molecule has 1 saturated carbocycles. The summed E-state index contributed by atoms with van der Waals surface area (Å²) >= 11 is 0. The summed E-state index contributed by atoms with van der Waals surface area (Å²) in [5, 5.41) is 12.3. The van der Waals surface area contributed by atoms with E-state index >= 15 is 0 Å². The molecule has 156 valence electrons. The number of alkyl carbamates (subject to hydrolysis) is 1. The maximum absolute atomic E-state index is 12.1. The molecule has 0 radical (unpaired) electrons. The van der Waals surface area contributed by atoms with Gasteiger partial charge in [-0.15, -0.1) is 0 Å². The summed E-state index contributed by atoms with van der Waals surface area (Å²) in [5.74, 6) is -0.606. The van der Waals surface area contributed by atoms with E-state index in [2.05, 4.69) is 5.32 Å². The van der Waals surface area contributed by atoms with Crippen LogP contribution in [0.15, 0.2) is 30.3 Å². The third-order valence-electron chi connectivity index (χ3n) is 5.31. The van der Waals surface area contributed by atoms with Crippen LogP contribution in [0.2, 0.25) is 0 Å². The van der Waals surface area contributed by atoms with Crippen LogP contribution in [-0.2, 0) is 25.6 Å². The number of benzene rings is 1. The molecule has 1 amide bonds. The normalized spacial score (nSPS) is 18.0. The molecule has 28 heavy (non-hydrogen) atoms. The second-order valence-corrected chi connectivity index (χ2v) is 7.44. The molecule has 1 aromatic rings. The van der Waals surface area contributed by atoms with Crippen molar-refractivity contribution in [1.82, 2.24) is 5.32 Å². The molecular formula is C21H31NO6. The van der Waals surface area contributed by atoms with Crippen LogP contribution in [0.5, 0.6) is 0 Å². The van der Waals surface area contributed by atoms with Crippen molar-refractivity contribution in [3.8, 4) is 0 Å². The smallest absolute Gasteiger partial charge is 0.408 e. The Morgan fingerprint density at radius 2 is 1.86 bits per heavy atom. The van der Waals surface area contributed by atoms with Crippen LogP contribution >= 0.6 is 0 Å². The van der Waals surface area contributed by atoms with Crippen molar-refractivity contribution in [3.05, 3.63) is 35.9 Å². The molecule has 7 nitrogen and oxygen atoms in total. The number of ether oxygens (including phenoxy) is 3. The van der Waals surface area contributed by atoms with E-state index in [9.17, 15) is 14.7 Å². The van der Waals surface area contributed by atoms with Gasteiger partial charge in [-0.05, 0) is 25.3 Å². The highest BCUT2D eigenvalue weighted by atomic mass is 16.6. The molecule has 0 heterocycles. The molecule has 7 heteroatoms. The molecular weight excluding hydrogens is 362 g/mol. The van der Waals surface area contributed by atoms with Crippen LogP contribution in [0.25, 0.3) is 0 Å². The zero-order valence-electron chi connectivity index (χ0n) is 16.7. The van der Waals surface area contributed by atoms with Gasteiger partial charge in [-0.3, -0.25) is 0 Å². The van der Waals surface area contributed by atoms with Gasteiger partial charge in [0.05, 0.1) is 26.4 Å². The Labute approximate surface area is 166 Å². The average molecular weight is 393 g/mol. The minimum atomic E-state index is -0.993. The molecule has 0 unspecified atom stereocenters. The molecule has 0 aromatic heterocycles. The van der Waals surface area contributed by atoms with Crippen molar-refractivity contribution < 1.29 is 28.9 Å². The Bertz CT molecular complexity index is 615. The molecule has 1 aliphatic carbocycles. The zero-order chi connectivity index (χ0) is 20.4. The fourth-order valence-electron chi connectivity index (χ4n) is 3.44. The molecule has 0 aliphatic heterocycles. The van der Waals surface area contributed by atoms with E-state index in [-0.39, 0.29) is 18.6 Å². The second kappa shape index (κ2) is 11.0. The molecule has 0 saturated heterocycles. The fraction of sp³-hybridized carbons (Fsp3) is 0.619. The quantitative estimate of drug-likeness (QED) is 0.627. The van der Waals surface area contributed by atoms with Gasteiger partial charge >= 0.3 is 12.1 Å². The number of rotatable bonds is 9. The first-order chi connectivity index (χ1) is 13.5. The number of hydrogen-bond donors (Lipinski definition) is 2. The van der Waals surface area contributed by atoms with Gasteiger partial charge in [-0.2, -0.15) is 0 Å². The molecule has 2 N–H and O–H groups in total. The van der Waals surface area contributed by atoms with Crippen molar-refractivity contribution in [2.75, 3.05) is 20.3 Å². The van der Waals surface area contributed by atoms with Crippen LogP contribution in [0, 0.1) is 5.41 Å².